The van der Waals surface area contributed by atoms with Crippen LogP contribution in [0.25, 0.3) is 33.5 Å². The van der Waals surface area contributed by atoms with Crippen molar-refractivity contribution in [1.82, 2.24) is 19.7 Å². The fraction of sp³-hybridized carbons (Fsp3) is 0.172. The number of anilines is 1. The van der Waals surface area contributed by atoms with E-state index in [0.29, 0.717) is 11.7 Å². The molecule has 0 saturated heterocycles. The summed E-state index contributed by atoms with van der Waals surface area (Å²) in [7, 11) is 0. The maximum Gasteiger partial charge on any atom is 0.234 e. The van der Waals surface area contributed by atoms with Gasteiger partial charge in [-0.15, -0.1) is 10.2 Å². The smallest absolute Gasteiger partial charge is 0.234 e. The lowest BCUT2D eigenvalue weighted by Gasteiger charge is -2.12. The predicted molar refractivity (Wildman–Crippen MR) is 147 cm³/mol. The van der Waals surface area contributed by atoms with E-state index in [1.54, 1.807) is 0 Å². The summed E-state index contributed by atoms with van der Waals surface area (Å²) in [6.45, 7) is 4.83. The van der Waals surface area contributed by atoms with Crippen LogP contribution >= 0.6 is 11.8 Å². The van der Waals surface area contributed by atoms with E-state index in [9.17, 15) is 4.79 Å². The first-order valence-corrected chi connectivity index (χ1v) is 13.1. The number of carbonyl (C=O) groups is 1. The summed E-state index contributed by atoms with van der Waals surface area (Å²) in [4.78, 5) is 17.6. The Labute approximate surface area is 214 Å². The highest BCUT2D eigenvalue weighted by Gasteiger charge is 2.18. The maximum absolute atomic E-state index is 12.7. The number of nitrogens with zero attached hydrogens (tertiary/aromatic N) is 4. The Kier molecular flexibility index (Phi) is 7.09. The molecule has 0 saturated carbocycles. The van der Waals surface area contributed by atoms with Crippen molar-refractivity contribution in [1.29, 1.82) is 0 Å². The molecule has 180 valence electrons. The second-order valence-corrected chi connectivity index (χ2v) is 9.28. The van der Waals surface area contributed by atoms with E-state index in [0.717, 1.165) is 51.2 Å². The zero-order valence-corrected chi connectivity index (χ0v) is 21.1. The number of aryl methyl sites for hydroxylation is 1. The molecule has 0 aliphatic rings. The topological polar surface area (TPSA) is 72.7 Å². The third kappa shape index (κ3) is 4.88. The third-order valence-electron chi connectivity index (χ3n) is 6.06. The van der Waals surface area contributed by atoms with Crippen molar-refractivity contribution in [2.45, 2.75) is 32.0 Å². The summed E-state index contributed by atoms with van der Waals surface area (Å²) in [6.07, 6.45) is 0.863. The van der Waals surface area contributed by atoms with Gasteiger partial charge in [-0.3, -0.25) is 4.79 Å². The van der Waals surface area contributed by atoms with Crippen LogP contribution in [0.1, 0.15) is 19.4 Å². The van der Waals surface area contributed by atoms with Crippen LogP contribution in [0.5, 0.6) is 0 Å². The lowest BCUT2D eigenvalue weighted by atomic mass is 10.0. The molecule has 0 radical (unpaired) electrons. The molecule has 6 nitrogen and oxygen atoms in total. The number of fused-ring (bicyclic) bond motifs is 1. The molecule has 36 heavy (non-hydrogen) atoms. The molecule has 7 heteroatoms. The first-order valence-electron chi connectivity index (χ1n) is 12.1. The Morgan fingerprint density at radius 3 is 2.47 bits per heavy atom. The highest BCUT2D eigenvalue weighted by Crippen LogP contribution is 2.33. The molecule has 0 fully saturated rings. The molecule has 0 bridgehead atoms. The van der Waals surface area contributed by atoms with Gasteiger partial charge in [-0.1, -0.05) is 85.4 Å². The Balaban J connectivity index is 1.45. The lowest BCUT2D eigenvalue weighted by Crippen LogP contribution is -2.15. The Morgan fingerprint density at radius 2 is 1.67 bits per heavy atom. The van der Waals surface area contributed by atoms with Crippen LogP contribution in [0.4, 0.5) is 5.69 Å². The van der Waals surface area contributed by atoms with E-state index >= 15 is 0 Å². The SMILES string of the molecule is CCc1ccccc1NC(=O)CSc1nnc(-c2cc(-c3ccccc3)nc3ccccc23)n1CC. The van der Waals surface area contributed by atoms with Gasteiger partial charge in [-0.25, -0.2) is 4.98 Å². The number of hydrogen-bond acceptors (Lipinski definition) is 5. The van der Waals surface area contributed by atoms with Crippen molar-refractivity contribution in [3.8, 4) is 22.6 Å². The number of nitrogens with one attached hydrogen (secondary N) is 1. The highest BCUT2D eigenvalue weighted by atomic mass is 32.2. The van der Waals surface area contributed by atoms with E-state index in [-0.39, 0.29) is 11.7 Å². The number of para-hydroxylation sites is 2. The molecule has 0 atom stereocenters. The van der Waals surface area contributed by atoms with E-state index in [4.69, 9.17) is 4.98 Å². The molecular formula is C29H27N5OS. The van der Waals surface area contributed by atoms with Crippen LogP contribution in [-0.2, 0) is 17.8 Å². The monoisotopic (exact) mass is 493 g/mol. The molecule has 2 heterocycles. The number of pyridine rings is 1. The third-order valence-corrected chi connectivity index (χ3v) is 7.03. The zero-order valence-electron chi connectivity index (χ0n) is 20.3. The summed E-state index contributed by atoms with van der Waals surface area (Å²) in [5.41, 5.74) is 5.79. The molecular weight excluding hydrogens is 466 g/mol. The van der Waals surface area contributed by atoms with Gasteiger partial charge in [-0.05, 0) is 37.1 Å². The largest absolute Gasteiger partial charge is 0.325 e. The molecule has 1 N–H and O–H groups in total. The van der Waals surface area contributed by atoms with Gasteiger partial charge in [0.15, 0.2) is 11.0 Å². The summed E-state index contributed by atoms with van der Waals surface area (Å²) in [5.74, 6) is 0.962. The van der Waals surface area contributed by atoms with E-state index in [1.807, 2.05) is 60.7 Å². The average molecular weight is 494 g/mol. The molecule has 0 spiro atoms. The molecule has 5 rings (SSSR count). The first-order chi connectivity index (χ1) is 17.7. The Hall–Kier alpha value is -3.97. The normalized spacial score (nSPS) is 11.1. The molecule has 0 aliphatic carbocycles. The number of thioether (sulfide) groups is 1. The van der Waals surface area contributed by atoms with E-state index in [2.05, 4.69) is 58.2 Å². The molecule has 0 aliphatic heterocycles. The average Bonchev–Trinajstić information content (AvgIpc) is 3.35. The molecule has 2 aromatic heterocycles. The Bertz CT molecular complexity index is 1510. The van der Waals surface area contributed by atoms with Gasteiger partial charge in [0.05, 0.1) is 17.0 Å². The molecule has 5 aromatic rings. The fourth-order valence-corrected chi connectivity index (χ4v) is 5.07. The number of carbonyl (C=O) groups excluding carboxylic acids is 1. The van der Waals surface area contributed by atoms with Gasteiger partial charge < -0.3 is 9.88 Å². The van der Waals surface area contributed by atoms with Crippen LogP contribution in [0, 0.1) is 0 Å². The van der Waals surface area contributed by atoms with Gasteiger partial charge in [0.25, 0.3) is 0 Å². The number of hydrogen-bond donors (Lipinski definition) is 1. The predicted octanol–water partition coefficient (Wildman–Crippen LogP) is 6.47. The van der Waals surface area contributed by atoms with E-state index < -0.39 is 0 Å². The number of amides is 1. The van der Waals surface area contributed by atoms with Crippen molar-refractivity contribution in [2.75, 3.05) is 11.1 Å². The van der Waals surface area contributed by atoms with Crippen molar-refractivity contribution in [2.24, 2.45) is 0 Å². The summed E-state index contributed by atoms with van der Waals surface area (Å²) in [5, 5.41) is 13.8. The highest BCUT2D eigenvalue weighted by molar-refractivity contribution is 7.99. The number of aromatic nitrogens is 4. The van der Waals surface area contributed by atoms with Crippen LogP contribution in [0.15, 0.2) is 90.1 Å². The molecule has 3 aromatic carbocycles. The van der Waals surface area contributed by atoms with Crippen molar-refractivity contribution >= 4 is 34.3 Å². The summed E-state index contributed by atoms with van der Waals surface area (Å²) >= 11 is 1.40. The number of benzene rings is 3. The Morgan fingerprint density at radius 1 is 0.917 bits per heavy atom. The number of rotatable bonds is 8. The van der Waals surface area contributed by atoms with Crippen LogP contribution in [0.3, 0.4) is 0 Å². The van der Waals surface area contributed by atoms with Gasteiger partial charge >= 0.3 is 0 Å². The van der Waals surface area contributed by atoms with Crippen LogP contribution in [-0.4, -0.2) is 31.4 Å². The minimum atomic E-state index is -0.0613. The van der Waals surface area contributed by atoms with Gasteiger partial charge in [-0.2, -0.15) is 0 Å². The van der Waals surface area contributed by atoms with Crippen LogP contribution < -0.4 is 5.32 Å². The fourth-order valence-electron chi connectivity index (χ4n) is 4.26. The maximum atomic E-state index is 12.7. The summed E-state index contributed by atoms with van der Waals surface area (Å²) in [6, 6.07) is 28.2. The standard InChI is InChI=1S/C29H27N5OS/c1-3-20-12-8-10-16-24(20)31-27(35)19-36-29-33-32-28(34(29)4-2)23-18-26(21-13-6-5-7-14-21)30-25-17-11-9-15-22(23)25/h5-18H,3-4,19H2,1-2H3,(H,31,35). The molecule has 0 unspecified atom stereocenters. The van der Waals surface area contributed by atoms with Crippen LogP contribution in [0.2, 0.25) is 0 Å². The minimum absolute atomic E-state index is 0.0613. The van der Waals surface area contributed by atoms with Gasteiger partial charge in [0, 0.05) is 28.7 Å². The minimum Gasteiger partial charge on any atom is -0.325 e. The van der Waals surface area contributed by atoms with Gasteiger partial charge in [0.2, 0.25) is 5.91 Å². The van der Waals surface area contributed by atoms with Crippen molar-refractivity contribution < 1.29 is 4.79 Å². The first kappa shape index (κ1) is 23.8. The molecule has 1 amide bonds. The second-order valence-electron chi connectivity index (χ2n) is 8.34. The van der Waals surface area contributed by atoms with Crippen molar-refractivity contribution in [3.05, 3.63) is 90.5 Å². The lowest BCUT2D eigenvalue weighted by molar-refractivity contribution is -0.113. The second kappa shape index (κ2) is 10.7. The van der Waals surface area contributed by atoms with E-state index in [1.165, 1.54) is 11.8 Å². The quantitative estimate of drug-likeness (QED) is 0.251. The summed E-state index contributed by atoms with van der Waals surface area (Å²) < 4.78 is 2.06. The van der Waals surface area contributed by atoms with Crippen molar-refractivity contribution in [3.63, 3.8) is 0 Å². The zero-order chi connectivity index (χ0) is 24.9. The van der Waals surface area contributed by atoms with Gasteiger partial charge in [0.1, 0.15) is 0 Å².